The van der Waals surface area contributed by atoms with E-state index in [-0.39, 0.29) is 47.6 Å². The maximum absolute atomic E-state index is 14.0. The fourth-order valence-corrected chi connectivity index (χ4v) is 5.66. The molecule has 42 heavy (non-hydrogen) atoms. The van der Waals surface area contributed by atoms with Gasteiger partial charge in [-0.3, -0.25) is 23.7 Å². The predicted octanol–water partition coefficient (Wildman–Crippen LogP) is 5.97. The molecule has 6 rings (SSSR count). The lowest BCUT2D eigenvalue weighted by atomic mass is 10.0. The van der Waals surface area contributed by atoms with Gasteiger partial charge in [-0.05, 0) is 72.6 Å². The average Bonchev–Trinajstić information content (AvgIpc) is 3.32. The monoisotopic (exact) mass is 600 g/mol. The maximum Gasteiger partial charge on any atom is 0.333 e. The van der Waals surface area contributed by atoms with E-state index in [1.807, 2.05) is 30.3 Å². The number of benzene rings is 3. The van der Waals surface area contributed by atoms with Crippen LogP contribution in [0, 0.1) is 0 Å². The van der Waals surface area contributed by atoms with E-state index in [9.17, 15) is 14.4 Å². The Morgan fingerprint density at radius 2 is 1.76 bits per heavy atom. The largest absolute Gasteiger partial charge is 0.497 e. The van der Waals surface area contributed by atoms with E-state index >= 15 is 0 Å². The van der Waals surface area contributed by atoms with Gasteiger partial charge in [-0.2, -0.15) is 0 Å². The van der Waals surface area contributed by atoms with Crippen LogP contribution in [0.5, 0.6) is 5.75 Å². The molecule has 0 spiro atoms. The fraction of sp³-hybridized carbons (Fsp3) is 0.188. The summed E-state index contributed by atoms with van der Waals surface area (Å²) in [6.45, 7) is 0.653. The van der Waals surface area contributed by atoms with E-state index in [0.29, 0.717) is 40.7 Å². The molecule has 0 atom stereocenters. The number of fused-ring (bicyclic) bond motifs is 2. The Kier molecular flexibility index (Phi) is 7.58. The summed E-state index contributed by atoms with van der Waals surface area (Å²) in [5.41, 5.74) is 3.26. The van der Waals surface area contributed by atoms with Crippen molar-refractivity contribution in [3.05, 3.63) is 122 Å². The molecule has 0 aliphatic carbocycles. The first-order valence-corrected chi connectivity index (χ1v) is 14.2. The van der Waals surface area contributed by atoms with Crippen molar-refractivity contribution in [2.75, 3.05) is 13.7 Å². The number of halogens is 2. The summed E-state index contributed by atoms with van der Waals surface area (Å²) in [7, 11) is 1.57. The van der Waals surface area contributed by atoms with Gasteiger partial charge in [0.1, 0.15) is 11.4 Å². The maximum atomic E-state index is 14.0. The van der Waals surface area contributed by atoms with Crippen molar-refractivity contribution in [3.8, 4) is 11.4 Å². The summed E-state index contributed by atoms with van der Waals surface area (Å²) in [5, 5.41) is 1.63. The van der Waals surface area contributed by atoms with Crippen molar-refractivity contribution in [1.82, 2.24) is 19.0 Å². The minimum atomic E-state index is -0.322. The summed E-state index contributed by atoms with van der Waals surface area (Å²) in [6, 6.07) is 21.5. The topological polar surface area (TPSA) is 86.4 Å². The van der Waals surface area contributed by atoms with E-state index in [1.165, 1.54) is 10.6 Å². The molecule has 10 heteroatoms. The number of nitrogens with zero attached hydrogens (tertiary/aromatic N) is 4. The molecule has 0 radical (unpaired) electrons. The quantitative estimate of drug-likeness (QED) is 0.215. The van der Waals surface area contributed by atoms with Gasteiger partial charge in [0, 0.05) is 36.7 Å². The number of carbonyl (C=O) groups excluding carboxylic acids is 2. The van der Waals surface area contributed by atoms with Gasteiger partial charge in [0.2, 0.25) is 0 Å². The number of ketones is 1. The highest BCUT2D eigenvalue weighted by atomic mass is 35.5. The highest BCUT2D eigenvalue weighted by Gasteiger charge is 2.32. The van der Waals surface area contributed by atoms with Gasteiger partial charge in [0.05, 0.1) is 40.6 Å². The molecule has 0 unspecified atom stereocenters. The van der Waals surface area contributed by atoms with Crippen molar-refractivity contribution < 1.29 is 14.3 Å². The van der Waals surface area contributed by atoms with Gasteiger partial charge in [-0.25, -0.2) is 4.79 Å². The SMILES string of the molecule is COc1ccc(-n2c(C(=O)CCc3ccc4ncccc4c3)c3n(c2=O)CCN(C(=O)c2ccc(Cl)c(Cl)c2)C3)cc1. The van der Waals surface area contributed by atoms with Crippen LogP contribution in [0.2, 0.25) is 10.0 Å². The lowest BCUT2D eigenvalue weighted by molar-refractivity contribution is 0.0707. The third-order valence-corrected chi connectivity index (χ3v) is 8.27. The zero-order chi connectivity index (χ0) is 29.4. The first-order valence-electron chi connectivity index (χ1n) is 13.4. The standard InChI is InChI=1S/C32H26Cl2N4O4/c1-42-24-9-7-23(8-10-24)38-30(29(39)13-5-20-4-12-27-21(17-20)3-2-14-35-27)28-19-36(15-16-37(28)32(38)41)31(40)22-6-11-25(33)26(34)18-22/h2-4,6-12,14,17-18H,5,13,15-16,19H2,1H3. The van der Waals surface area contributed by atoms with Gasteiger partial charge in [-0.1, -0.05) is 35.3 Å². The molecule has 1 aliphatic rings. The Morgan fingerprint density at radius 3 is 2.52 bits per heavy atom. The van der Waals surface area contributed by atoms with E-state index in [1.54, 1.807) is 59.2 Å². The molecule has 0 saturated carbocycles. The molecular formula is C32H26Cl2N4O4. The summed E-state index contributed by atoms with van der Waals surface area (Å²) in [4.78, 5) is 47.1. The van der Waals surface area contributed by atoms with E-state index in [0.717, 1.165) is 16.5 Å². The molecule has 3 aromatic carbocycles. The first kappa shape index (κ1) is 27.8. The lowest BCUT2D eigenvalue weighted by Crippen LogP contribution is -2.41. The minimum absolute atomic E-state index is 0.0974. The molecular weight excluding hydrogens is 575 g/mol. The number of carbonyl (C=O) groups is 2. The van der Waals surface area contributed by atoms with Crippen LogP contribution in [0.3, 0.4) is 0 Å². The van der Waals surface area contributed by atoms with Crippen molar-refractivity contribution >= 4 is 45.8 Å². The van der Waals surface area contributed by atoms with Gasteiger partial charge in [0.25, 0.3) is 5.91 Å². The van der Waals surface area contributed by atoms with Gasteiger partial charge >= 0.3 is 5.69 Å². The third kappa shape index (κ3) is 5.19. The number of hydrogen-bond donors (Lipinski definition) is 0. The second-order valence-electron chi connectivity index (χ2n) is 10.1. The smallest absolute Gasteiger partial charge is 0.333 e. The Hall–Kier alpha value is -4.40. The number of amides is 1. The molecule has 2 aromatic heterocycles. The van der Waals surface area contributed by atoms with Crippen LogP contribution < -0.4 is 10.4 Å². The van der Waals surface area contributed by atoms with Crippen molar-refractivity contribution in [3.63, 3.8) is 0 Å². The molecule has 0 N–H and O–H groups in total. The van der Waals surface area contributed by atoms with E-state index in [2.05, 4.69) is 4.98 Å². The van der Waals surface area contributed by atoms with Crippen LogP contribution in [0.25, 0.3) is 16.6 Å². The number of Topliss-reactive ketones (excluding diaryl/α,β-unsaturated/α-hetero) is 1. The number of aryl methyl sites for hydroxylation is 1. The Bertz CT molecular complexity index is 1900. The van der Waals surface area contributed by atoms with Crippen molar-refractivity contribution in [2.24, 2.45) is 0 Å². The summed E-state index contributed by atoms with van der Waals surface area (Å²) in [6.07, 6.45) is 2.41. The molecule has 1 amide bonds. The molecule has 212 valence electrons. The molecule has 3 heterocycles. The van der Waals surface area contributed by atoms with E-state index < -0.39 is 0 Å². The van der Waals surface area contributed by atoms with E-state index in [4.69, 9.17) is 27.9 Å². The normalized spacial score (nSPS) is 12.8. The van der Waals surface area contributed by atoms with Crippen LogP contribution in [-0.4, -0.2) is 44.4 Å². The number of hydrogen-bond acceptors (Lipinski definition) is 5. The molecule has 1 aliphatic heterocycles. The summed E-state index contributed by atoms with van der Waals surface area (Å²) < 4.78 is 8.33. The Morgan fingerprint density at radius 1 is 0.952 bits per heavy atom. The average molecular weight is 601 g/mol. The zero-order valence-corrected chi connectivity index (χ0v) is 24.2. The number of aromatic nitrogens is 3. The van der Waals surface area contributed by atoms with Crippen molar-refractivity contribution in [1.29, 1.82) is 0 Å². The number of methoxy groups -OCH3 is 1. The number of rotatable bonds is 7. The summed E-state index contributed by atoms with van der Waals surface area (Å²) >= 11 is 12.2. The van der Waals surface area contributed by atoms with Crippen LogP contribution in [-0.2, 0) is 19.5 Å². The summed E-state index contributed by atoms with van der Waals surface area (Å²) in [5.74, 6) is 0.187. The van der Waals surface area contributed by atoms with Gasteiger partial charge in [-0.15, -0.1) is 0 Å². The third-order valence-electron chi connectivity index (χ3n) is 7.54. The first-order chi connectivity index (χ1) is 20.3. The Balaban J connectivity index is 1.36. The highest BCUT2D eigenvalue weighted by molar-refractivity contribution is 6.42. The molecule has 5 aromatic rings. The number of ether oxygens (including phenoxy) is 1. The van der Waals surface area contributed by atoms with Crippen molar-refractivity contribution in [2.45, 2.75) is 25.9 Å². The van der Waals surface area contributed by atoms with Crippen LogP contribution >= 0.6 is 23.2 Å². The van der Waals surface area contributed by atoms with Gasteiger partial charge in [0.15, 0.2) is 5.78 Å². The number of pyridine rings is 1. The zero-order valence-electron chi connectivity index (χ0n) is 22.7. The second-order valence-corrected chi connectivity index (χ2v) is 10.9. The highest BCUT2D eigenvalue weighted by Crippen LogP contribution is 2.27. The number of imidazole rings is 1. The van der Waals surface area contributed by atoms with Crippen LogP contribution in [0.4, 0.5) is 0 Å². The molecule has 8 nitrogen and oxygen atoms in total. The minimum Gasteiger partial charge on any atom is -0.497 e. The Labute approximate surface area is 251 Å². The molecule has 0 saturated heterocycles. The molecule has 0 bridgehead atoms. The van der Waals surface area contributed by atoms with Crippen LogP contribution in [0.1, 0.15) is 38.5 Å². The molecule has 0 fully saturated rings. The van der Waals surface area contributed by atoms with Gasteiger partial charge < -0.3 is 9.64 Å². The van der Waals surface area contributed by atoms with Crippen LogP contribution in [0.15, 0.2) is 83.8 Å². The predicted molar refractivity (Wildman–Crippen MR) is 162 cm³/mol. The second kappa shape index (κ2) is 11.5. The lowest BCUT2D eigenvalue weighted by Gasteiger charge is -2.28. The fourth-order valence-electron chi connectivity index (χ4n) is 5.36.